The van der Waals surface area contributed by atoms with Gasteiger partial charge in [-0.2, -0.15) is 0 Å². The molecule has 0 aliphatic carbocycles. The van der Waals surface area contributed by atoms with Crippen LogP contribution in [0.3, 0.4) is 0 Å². The summed E-state index contributed by atoms with van der Waals surface area (Å²) in [7, 11) is 0. The molecule has 0 aliphatic rings. The van der Waals surface area contributed by atoms with Gasteiger partial charge in [-0.05, 0) is 18.7 Å². The lowest BCUT2D eigenvalue weighted by molar-refractivity contribution is 0.446. The molecule has 0 radical (unpaired) electrons. The fourth-order valence-electron chi connectivity index (χ4n) is 1.26. The third-order valence-electron chi connectivity index (χ3n) is 1.83. The van der Waals surface area contributed by atoms with Crippen LogP contribution in [0, 0.1) is 0 Å². The van der Waals surface area contributed by atoms with Crippen LogP contribution in [-0.4, -0.2) is 11.7 Å². The van der Waals surface area contributed by atoms with Gasteiger partial charge in [-0.1, -0.05) is 17.3 Å². The van der Waals surface area contributed by atoms with Crippen molar-refractivity contribution in [3.63, 3.8) is 0 Å². The average Bonchev–Trinajstić information content (AvgIpc) is 2.50. The topological polar surface area (TPSA) is 52.0 Å². The molecule has 1 aromatic carbocycles. The number of hydrogen-bond donors (Lipinski definition) is 1. The molecular formula is C9H11ClN2O. The summed E-state index contributed by atoms with van der Waals surface area (Å²) in [6.45, 7) is 0.608. The fourth-order valence-corrected chi connectivity index (χ4v) is 1.26. The van der Waals surface area contributed by atoms with Crippen LogP contribution < -0.4 is 5.73 Å². The zero-order chi connectivity index (χ0) is 8.39. The standard InChI is InChI=1S/C9H10N2O.ClH/c10-6-5-8-7-3-1-2-4-9(7)12-11-8;/h1-4H,5-6,10H2;1H. The first-order valence-electron chi connectivity index (χ1n) is 3.95. The third-order valence-corrected chi connectivity index (χ3v) is 1.83. The number of para-hydroxylation sites is 1. The Bertz CT molecular complexity index is 386. The predicted molar refractivity (Wildman–Crippen MR) is 54.0 cm³/mol. The largest absolute Gasteiger partial charge is 0.356 e. The van der Waals surface area contributed by atoms with Crippen molar-refractivity contribution in [3.05, 3.63) is 30.0 Å². The van der Waals surface area contributed by atoms with Crippen molar-refractivity contribution in [1.29, 1.82) is 0 Å². The highest BCUT2D eigenvalue weighted by molar-refractivity contribution is 5.85. The first-order valence-corrected chi connectivity index (χ1v) is 3.95. The van der Waals surface area contributed by atoms with Crippen LogP contribution in [0.15, 0.2) is 28.8 Å². The van der Waals surface area contributed by atoms with E-state index in [9.17, 15) is 0 Å². The molecule has 0 fully saturated rings. The quantitative estimate of drug-likeness (QED) is 0.800. The second-order valence-electron chi connectivity index (χ2n) is 2.66. The van der Waals surface area contributed by atoms with Crippen molar-refractivity contribution in [2.75, 3.05) is 6.54 Å². The Hall–Kier alpha value is -1.06. The average molecular weight is 199 g/mol. The van der Waals surface area contributed by atoms with Crippen LogP contribution in [0.2, 0.25) is 0 Å². The number of nitrogens with two attached hydrogens (primary N) is 1. The maximum absolute atomic E-state index is 5.43. The van der Waals surface area contributed by atoms with Crippen molar-refractivity contribution in [2.45, 2.75) is 6.42 Å². The molecule has 1 heterocycles. The highest BCUT2D eigenvalue weighted by Crippen LogP contribution is 2.17. The molecule has 1 aromatic heterocycles. The van der Waals surface area contributed by atoms with E-state index < -0.39 is 0 Å². The van der Waals surface area contributed by atoms with Crippen LogP contribution in [0.5, 0.6) is 0 Å². The molecule has 13 heavy (non-hydrogen) atoms. The van der Waals surface area contributed by atoms with Crippen LogP contribution in [0.25, 0.3) is 11.0 Å². The Morgan fingerprint density at radius 3 is 2.85 bits per heavy atom. The van der Waals surface area contributed by atoms with Crippen molar-refractivity contribution in [1.82, 2.24) is 5.16 Å². The van der Waals surface area contributed by atoms with Gasteiger partial charge >= 0.3 is 0 Å². The number of fused-ring (bicyclic) bond motifs is 1. The molecule has 2 rings (SSSR count). The third kappa shape index (κ3) is 1.82. The molecule has 0 spiro atoms. The van der Waals surface area contributed by atoms with E-state index in [1.54, 1.807) is 0 Å². The lowest BCUT2D eigenvalue weighted by Gasteiger charge is -1.89. The molecular weight excluding hydrogens is 188 g/mol. The van der Waals surface area contributed by atoms with E-state index >= 15 is 0 Å². The molecule has 2 N–H and O–H groups in total. The summed E-state index contributed by atoms with van der Waals surface area (Å²) in [6.07, 6.45) is 0.775. The first kappa shape index (κ1) is 10.0. The van der Waals surface area contributed by atoms with E-state index in [0.29, 0.717) is 6.54 Å². The van der Waals surface area contributed by atoms with Gasteiger partial charge in [0.2, 0.25) is 0 Å². The maximum atomic E-state index is 5.43. The molecule has 4 heteroatoms. The van der Waals surface area contributed by atoms with E-state index in [1.165, 1.54) is 0 Å². The first-order chi connectivity index (χ1) is 5.92. The summed E-state index contributed by atoms with van der Waals surface area (Å²) >= 11 is 0. The predicted octanol–water partition coefficient (Wildman–Crippen LogP) is 1.75. The highest BCUT2D eigenvalue weighted by Gasteiger charge is 2.04. The van der Waals surface area contributed by atoms with E-state index in [4.69, 9.17) is 10.3 Å². The van der Waals surface area contributed by atoms with Gasteiger partial charge in [0.1, 0.15) is 0 Å². The number of benzene rings is 1. The van der Waals surface area contributed by atoms with Crippen LogP contribution in [0.1, 0.15) is 5.69 Å². The SMILES string of the molecule is Cl.NCCc1noc2ccccc12. The van der Waals surface area contributed by atoms with Crippen LogP contribution >= 0.6 is 12.4 Å². The zero-order valence-electron chi connectivity index (χ0n) is 7.06. The summed E-state index contributed by atoms with van der Waals surface area (Å²) in [5.41, 5.74) is 7.22. The van der Waals surface area contributed by atoms with Crippen molar-refractivity contribution in [3.8, 4) is 0 Å². The molecule has 0 saturated heterocycles. The number of hydrogen-bond acceptors (Lipinski definition) is 3. The normalized spacial score (nSPS) is 9.92. The molecule has 0 amide bonds. The summed E-state index contributed by atoms with van der Waals surface area (Å²) in [6, 6.07) is 7.80. The lowest BCUT2D eigenvalue weighted by atomic mass is 10.2. The number of aromatic nitrogens is 1. The summed E-state index contributed by atoms with van der Waals surface area (Å²) in [4.78, 5) is 0. The molecule has 0 atom stereocenters. The Balaban J connectivity index is 0.000000845. The Morgan fingerprint density at radius 2 is 2.08 bits per heavy atom. The van der Waals surface area contributed by atoms with E-state index in [0.717, 1.165) is 23.1 Å². The molecule has 0 bridgehead atoms. The van der Waals surface area contributed by atoms with Gasteiger partial charge in [0.25, 0.3) is 0 Å². The number of rotatable bonds is 2. The van der Waals surface area contributed by atoms with Crippen molar-refractivity contribution in [2.24, 2.45) is 5.73 Å². The molecule has 2 aromatic rings. The second-order valence-corrected chi connectivity index (χ2v) is 2.66. The molecule has 0 aliphatic heterocycles. The minimum atomic E-state index is 0. The minimum absolute atomic E-state index is 0. The second kappa shape index (κ2) is 4.25. The van der Waals surface area contributed by atoms with Gasteiger partial charge in [-0.15, -0.1) is 12.4 Å². The highest BCUT2D eigenvalue weighted by atomic mass is 35.5. The van der Waals surface area contributed by atoms with Gasteiger partial charge in [-0.25, -0.2) is 0 Å². The van der Waals surface area contributed by atoms with Crippen LogP contribution in [-0.2, 0) is 6.42 Å². The monoisotopic (exact) mass is 198 g/mol. The molecule has 0 unspecified atom stereocenters. The summed E-state index contributed by atoms with van der Waals surface area (Å²) < 4.78 is 5.10. The lowest BCUT2D eigenvalue weighted by Crippen LogP contribution is -2.02. The summed E-state index contributed by atoms with van der Waals surface area (Å²) in [5, 5.41) is 5.00. The van der Waals surface area contributed by atoms with Crippen molar-refractivity contribution < 1.29 is 4.52 Å². The van der Waals surface area contributed by atoms with Gasteiger partial charge in [-0.3, -0.25) is 0 Å². The maximum Gasteiger partial charge on any atom is 0.167 e. The van der Waals surface area contributed by atoms with E-state index in [1.807, 2.05) is 24.3 Å². The smallest absolute Gasteiger partial charge is 0.167 e. The van der Waals surface area contributed by atoms with E-state index in [-0.39, 0.29) is 12.4 Å². The van der Waals surface area contributed by atoms with Gasteiger partial charge in [0.05, 0.1) is 5.69 Å². The minimum Gasteiger partial charge on any atom is -0.356 e. The fraction of sp³-hybridized carbons (Fsp3) is 0.222. The molecule has 3 nitrogen and oxygen atoms in total. The van der Waals surface area contributed by atoms with Crippen molar-refractivity contribution >= 4 is 23.4 Å². The Kier molecular flexibility index (Phi) is 3.28. The number of halogens is 1. The summed E-state index contributed by atoms with van der Waals surface area (Å²) in [5.74, 6) is 0. The molecule has 0 saturated carbocycles. The zero-order valence-corrected chi connectivity index (χ0v) is 7.88. The Morgan fingerprint density at radius 1 is 1.31 bits per heavy atom. The molecule has 70 valence electrons. The Labute approximate surface area is 82.3 Å². The van der Waals surface area contributed by atoms with Gasteiger partial charge < -0.3 is 10.3 Å². The van der Waals surface area contributed by atoms with E-state index in [2.05, 4.69) is 5.16 Å². The van der Waals surface area contributed by atoms with Gasteiger partial charge in [0.15, 0.2) is 5.58 Å². The van der Waals surface area contributed by atoms with Crippen LogP contribution in [0.4, 0.5) is 0 Å². The van der Waals surface area contributed by atoms with Gasteiger partial charge in [0, 0.05) is 11.8 Å². The number of nitrogens with zero attached hydrogens (tertiary/aromatic N) is 1.